The molecule has 1 aromatic heterocycles. The minimum atomic E-state index is -1.07. The van der Waals surface area contributed by atoms with Crippen molar-refractivity contribution in [3.63, 3.8) is 0 Å². The zero-order valence-electron chi connectivity index (χ0n) is 31.4. The average Bonchev–Trinajstić information content (AvgIpc) is 3.78. The van der Waals surface area contributed by atoms with Crippen molar-refractivity contribution in [2.75, 3.05) is 13.2 Å². The second-order valence-corrected chi connectivity index (χ2v) is 18.7. The molecule has 12 nitrogen and oxygen atoms in total. The highest BCUT2D eigenvalue weighted by atomic mass is 32.2. The Balaban J connectivity index is 0.817. The Bertz CT molecular complexity index is 1920. The lowest BCUT2D eigenvalue weighted by atomic mass is 9.54. The number of fused-ring (bicyclic) bond motifs is 5. The summed E-state index contributed by atoms with van der Waals surface area (Å²) in [6.07, 6.45) is 10.3. The van der Waals surface area contributed by atoms with Crippen LogP contribution in [-0.4, -0.2) is 86.1 Å². The van der Waals surface area contributed by atoms with Gasteiger partial charge < -0.3 is 29.9 Å². The van der Waals surface area contributed by atoms with Crippen molar-refractivity contribution in [3.05, 3.63) is 52.3 Å². The van der Waals surface area contributed by atoms with E-state index in [4.69, 9.17) is 9.26 Å². The summed E-state index contributed by atoms with van der Waals surface area (Å²) in [5.41, 5.74) is 4.79. The van der Waals surface area contributed by atoms with Crippen molar-refractivity contribution in [3.8, 4) is 11.3 Å². The number of aryl methyl sites for hydroxylation is 1. The number of aromatic nitrogens is 1. The molecule has 1 aromatic carbocycles. The molecule has 288 valence electrons. The molecular weight excluding hydrogens is 709 g/mol. The molecule has 2 aromatic rings. The van der Waals surface area contributed by atoms with Gasteiger partial charge in [0.25, 0.3) is 11.8 Å². The molecule has 3 heterocycles. The molecule has 54 heavy (non-hydrogen) atoms. The van der Waals surface area contributed by atoms with Gasteiger partial charge in [0.05, 0.1) is 6.10 Å². The molecule has 6 aliphatic rings. The van der Waals surface area contributed by atoms with Crippen LogP contribution in [0.4, 0.5) is 0 Å². The van der Waals surface area contributed by atoms with E-state index in [1.807, 2.05) is 0 Å². The number of ketones is 1. The summed E-state index contributed by atoms with van der Waals surface area (Å²) in [6.45, 7) is 8.70. The summed E-state index contributed by atoms with van der Waals surface area (Å²) in [6, 6.07) is 4.93. The molecular formula is C41H50N4O8S. The van der Waals surface area contributed by atoms with Gasteiger partial charge in [-0.25, -0.2) is 4.79 Å². The van der Waals surface area contributed by atoms with E-state index >= 15 is 0 Å². The van der Waals surface area contributed by atoms with Gasteiger partial charge in [-0.3, -0.25) is 19.2 Å². The number of rotatable bonds is 10. The molecule has 2 aliphatic heterocycles. The van der Waals surface area contributed by atoms with Gasteiger partial charge in [0, 0.05) is 41.9 Å². The van der Waals surface area contributed by atoms with Gasteiger partial charge in [-0.2, -0.15) is 0 Å². The van der Waals surface area contributed by atoms with Gasteiger partial charge in [-0.05, 0) is 107 Å². The molecule has 0 radical (unpaired) electrons. The number of carbonyl (C=O) groups excluding carboxylic acids is 4. The summed E-state index contributed by atoms with van der Waals surface area (Å²) in [5, 5.41) is 19.1. The quantitative estimate of drug-likeness (QED) is 0.156. The van der Waals surface area contributed by atoms with Crippen molar-refractivity contribution in [2.24, 2.45) is 23.2 Å². The highest BCUT2D eigenvalue weighted by Crippen LogP contribution is 2.61. The van der Waals surface area contributed by atoms with Gasteiger partial charge in [-0.1, -0.05) is 35.4 Å². The fourth-order valence-electron chi connectivity index (χ4n) is 10.9. The first kappa shape index (κ1) is 37.0. The molecule has 8 unspecified atom stereocenters. The van der Waals surface area contributed by atoms with E-state index in [2.05, 4.69) is 22.7 Å². The summed E-state index contributed by atoms with van der Waals surface area (Å²) < 4.78 is 11.2. The smallest absolute Gasteiger partial charge is 0.327 e. The first-order chi connectivity index (χ1) is 25.8. The standard InChI is InChI=1S/C41H50N4O8S/c1-21-31(36(48)43-33-37(49)45-34(39(50)51)40(2,3)54-38(33)45)32(44-53-21)22-6-8-23(9-7-22)35(47)42-18-5-19-52-30-15-14-29-28-12-10-24-20-25(46)11-13-26(24)27(28)16-17-41(29,30)4/h6-9,27-30,33-34,38H,5,10-20H2,1-4H3,(H,42,47)(H,43,48)(H,50,51). The predicted octanol–water partition coefficient (Wildman–Crippen LogP) is 5.69. The molecule has 8 atom stereocenters. The first-order valence-electron chi connectivity index (χ1n) is 19.5. The third kappa shape index (κ3) is 6.19. The predicted molar refractivity (Wildman–Crippen MR) is 201 cm³/mol. The number of allylic oxidation sites excluding steroid dienone is 2. The number of thioether (sulfide) groups is 1. The number of ether oxygens (including phenoxy) is 1. The summed E-state index contributed by atoms with van der Waals surface area (Å²) >= 11 is 1.35. The van der Waals surface area contributed by atoms with Crippen molar-refractivity contribution >= 4 is 41.2 Å². The Kier molecular flexibility index (Phi) is 9.56. The molecule has 3 amide bonds. The second-order valence-electron chi connectivity index (χ2n) is 16.9. The van der Waals surface area contributed by atoms with Crippen molar-refractivity contribution < 1.29 is 38.3 Å². The molecule has 2 saturated carbocycles. The number of benzene rings is 1. The Morgan fingerprint density at radius 1 is 1.04 bits per heavy atom. The van der Waals surface area contributed by atoms with E-state index in [-0.39, 0.29) is 34.4 Å². The number of amides is 3. The van der Waals surface area contributed by atoms with Crippen LogP contribution in [0, 0.1) is 30.1 Å². The van der Waals surface area contributed by atoms with Crippen LogP contribution in [-0.2, 0) is 19.1 Å². The highest BCUT2D eigenvalue weighted by Gasteiger charge is 2.64. The van der Waals surface area contributed by atoms with E-state index < -0.39 is 40.0 Å². The Labute approximate surface area is 319 Å². The zero-order chi connectivity index (χ0) is 38.1. The average molecular weight is 759 g/mol. The third-order valence-corrected chi connectivity index (χ3v) is 15.1. The number of carbonyl (C=O) groups is 5. The van der Waals surface area contributed by atoms with Crippen LogP contribution in [0.3, 0.4) is 0 Å². The third-order valence-electron chi connectivity index (χ3n) is 13.5. The number of β-lactam (4-membered cyclic amide) rings is 1. The fourth-order valence-corrected chi connectivity index (χ4v) is 12.5. The first-order valence-corrected chi connectivity index (χ1v) is 20.4. The van der Waals surface area contributed by atoms with Crippen LogP contribution in [0.2, 0.25) is 0 Å². The maximum Gasteiger partial charge on any atom is 0.327 e. The van der Waals surface area contributed by atoms with Crippen LogP contribution in [0.25, 0.3) is 11.3 Å². The number of nitrogens with zero attached hydrogens (tertiary/aromatic N) is 2. The molecule has 13 heteroatoms. The summed E-state index contributed by atoms with van der Waals surface area (Å²) in [5.74, 6) is 0.490. The zero-order valence-corrected chi connectivity index (χ0v) is 32.3. The minimum Gasteiger partial charge on any atom is -0.480 e. The van der Waals surface area contributed by atoms with Gasteiger partial charge in [0.2, 0.25) is 5.91 Å². The summed E-state index contributed by atoms with van der Waals surface area (Å²) in [7, 11) is 0. The number of carboxylic acids is 1. The Hall–Kier alpha value is -3.97. The maximum absolute atomic E-state index is 13.5. The molecule has 0 spiro atoms. The number of hydrogen-bond acceptors (Lipinski definition) is 9. The van der Waals surface area contributed by atoms with Gasteiger partial charge >= 0.3 is 5.97 Å². The van der Waals surface area contributed by atoms with Crippen molar-refractivity contribution in [1.29, 1.82) is 0 Å². The van der Waals surface area contributed by atoms with Crippen molar-refractivity contribution in [2.45, 2.75) is 120 Å². The maximum atomic E-state index is 13.5. The van der Waals surface area contributed by atoms with Crippen LogP contribution in [0.1, 0.15) is 111 Å². The van der Waals surface area contributed by atoms with E-state index in [9.17, 15) is 29.1 Å². The normalized spacial score (nSPS) is 32.3. The lowest BCUT2D eigenvalue weighted by molar-refractivity contribution is -0.159. The molecule has 8 rings (SSSR count). The summed E-state index contributed by atoms with van der Waals surface area (Å²) in [4.78, 5) is 64.7. The highest BCUT2D eigenvalue weighted by molar-refractivity contribution is 8.01. The topological polar surface area (TPSA) is 168 Å². The van der Waals surface area contributed by atoms with E-state index in [0.717, 1.165) is 25.7 Å². The van der Waals surface area contributed by atoms with E-state index in [1.54, 1.807) is 50.6 Å². The lowest BCUT2D eigenvalue weighted by Gasteiger charge is -2.51. The number of hydrogen-bond donors (Lipinski definition) is 3. The molecule has 2 saturated heterocycles. The van der Waals surface area contributed by atoms with Gasteiger partial charge in [0.1, 0.15) is 40.3 Å². The molecule has 0 bridgehead atoms. The SMILES string of the molecule is Cc1onc(-c2ccc(C(=O)NCCCOC3CCC4C5CCC6=C(CCC(=O)C6)C5CCC34C)cc2)c1C(=O)NC1C(=O)N2C1SC(C)(C)C2C(=O)O. The van der Waals surface area contributed by atoms with Crippen LogP contribution >= 0.6 is 11.8 Å². The van der Waals surface area contributed by atoms with Crippen LogP contribution in [0.15, 0.2) is 39.9 Å². The van der Waals surface area contributed by atoms with E-state index in [1.165, 1.54) is 47.9 Å². The van der Waals surface area contributed by atoms with E-state index in [0.29, 0.717) is 60.7 Å². The van der Waals surface area contributed by atoms with Crippen molar-refractivity contribution in [1.82, 2.24) is 20.7 Å². The minimum absolute atomic E-state index is 0.179. The largest absolute Gasteiger partial charge is 0.480 e. The number of Topliss-reactive ketones (excluding diaryl/α,β-unsaturated/α-hetero) is 1. The molecule has 3 N–H and O–H groups in total. The van der Waals surface area contributed by atoms with Gasteiger partial charge in [-0.15, -0.1) is 11.8 Å². The number of nitrogens with one attached hydrogen (secondary N) is 2. The van der Waals surface area contributed by atoms with Crippen LogP contribution in [0.5, 0.6) is 0 Å². The fraction of sp³-hybridized carbons (Fsp3) is 0.610. The second kappa shape index (κ2) is 14.0. The molecule has 4 fully saturated rings. The Morgan fingerprint density at radius 3 is 2.57 bits per heavy atom. The van der Waals surface area contributed by atoms with Gasteiger partial charge in [0.15, 0.2) is 0 Å². The molecule has 4 aliphatic carbocycles. The Morgan fingerprint density at radius 2 is 1.81 bits per heavy atom. The van der Waals surface area contributed by atoms with Crippen LogP contribution < -0.4 is 10.6 Å². The monoisotopic (exact) mass is 758 g/mol. The number of carboxylic acid groups (broad SMARTS) is 1. The lowest BCUT2D eigenvalue weighted by Crippen LogP contribution is -2.70. The number of aliphatic carboxylic acids is 1.